The SMILES string of the molecule is CCN(CC)CCN1C(=O)C(O)(c2ccc3ccccc3c2)c2c(F)cc(C#CCO)cc21. The van der Waals surface area contributed by atoms with Crippen molar-refractivity contribution in [1.29, 1.82) is 0 Å². The van der Waals surface area contributed by atoms with Crippen LogP contribution in [0.3, 0.4) is 0 Å². The lowest BCUT2D eigenvalue weighted by molar-refractivity contribution is -0.132. The quantitative estimate of drug-likeness (QED) is 0.571. The van der Waals surface area contributed by atoms with Gasteiger partial charge in [-0.1, -0.05) is 62.1 Å². The molecular weight excluding hydrogens is 419 g/mol. The molecule has 0 fully saturated rings. The van der Waals surface area contributed by atoms with Crippen molar-refractivity contribution in [2.45, 2.75) is 19.4 Å². The molecular formula is C27H27FN2O3. The standard InChI is InChI=1S/C27H27FN2O3/c1-3-29(4-2)13-14-30-24-17-19(8-7-15-31)16-23(28)25(24)27(33,26(30)32)22-12-11-20-9-5-6-10-21(20)18-22/h5-6,9-12,16-18,31,33H,3-4,13-15H2,1-2H3. The molecule has 0 aliphatic carbocycles. The van der Waals surface area contributed by atoms with Gasteiger partial charge in [-0.3, -0.25) is 4.79 Å². The van der Waals surface area contributed by atoms with E-state index in [1.54, 1.807) is 18.2 Å². The van der Waals surface area contributed by atoms with Crippen molar-refractivity contribution >= 4 is 22.4 Å². The number of fused-ring (bicyclic) bond motifs is 2. The molecule has 1 aliphatic heterocycles. The second-order valence-electron chi connectivity index (χ2n) is 8.07. The number of aliphatic hydroxyl groups is 2. The Bertz CT molecular complexity index is 1260. The van der Waals surface area contributed by atoms with Gasteiger partial charge in [0.25, 0.3) is 5.91 Å². The Kier molecular flexibility index (Phi) is 6.48. The number of rotatable bonds is 6. The number of carbonyl (C=O) groups excluding carboxylic acids is 1. The van der Waals surface area contributed by atoms with E-state index in [0.29, 0.717) is 29.9 Å². The number of likely N-dealkylation sites (N-methyl/N-ethyl adjacent to an activating group) is 1. The fraction of sp³-hybridized carbons (Fsp3) is 0.296. The number of anilines is 1. The fourth-order valence-corrected chi connectivity index (χ4v) is 4.47. The molecule has 1 amide bonds. The summed E-state index contributed by atoms with van der Waals surface area (Å²) < 4.78 is 15.5. The van der Waals surface area contributed by atoms with Crippen molar-refractivity contribution in [3.05, 3.63) is 77.1 Å². The first-order chi connectivity index (χ1) is 15.9. The third kappa shape index (κ3) is 4.00. The summed E-state index contributed by atoms with van der Waals surface area (Å²) in [6.07, 6.45) is 0. The Morgan fingerprint density at radius 1 is 1.06 bits per heavy atom. The zero-order chi connectivity index (χ0) is 23.6. The summed E-state index contributed by atoms with van der Waals surface area (Å²) in [7, 11) is 0. The predicted octanol–water partition coefficient (Wildman–Crippen LogP) is 3.25. The fourth-order valence-electron chi connectivity index (χ4n) is 4.47. The third-order valence-electron chi connectivity index (χ3n) is 6.29. The number of carbonyl (C=O) groups is 1. The number of hydrogen-bond donors (Lipinski definition) is 2. The summed E-state index contributed by atoms with van der Waals surface area (Å²) in [6.45, 7) is 6.24. The number of aliphatic hydroxyl groups excluding tert-OH is 1. The van der Waals surface area contributed by atoms with E-state index in [1.165, 1.54) is 11.0 Å². The molecule has 1 heterocycles. The molecule has 0 aromatic heterocycles. The maximum Gasteiger partial charge on any atom is 0.268 e. The average Bonchev–Trinajstić information content (AvgIpc) is 3.05. The van der Waals surface area contributed by atoms with Gasteiger partial charge in [-0.05, 0) is 47.6 Å². The second-order valence-corrected chi connectivity index (χ2v) is 8.07. The van der Waals surface area contributed by atoms with Crippen LogP contribution < -0.4 is 4.90 Å². The molecule has 0 radical (unpaired) electrons. The van der Waals surface area contributed by atoms with Crippen LogP contribution in [-0.4, -0.2) is 53.8 Å². The Labute approximate surface area is 193 Å². The smallest absolute Gasteiger partial charge is 0.268 e. The lowest BCUT2D eigenvalue weighted by Gasteiger charge is -2.26. The van der Waals surface area contributed by atoms with Crippen molar-refractivity contribution in [2.75, 3.05) is 37.7 Å². The lowest BCUT2D eigenvalue weighted by Crippen LogP contribution is -2.44. The van der Waals surface area contributed by atoms with Gasteiger partial charge >= 0.3 is 0 Å². The zero-order valence-corrected chi connectivity index (χ0v) is 18.8. The van der Waals surface area contributed by atoms with E-state index in [-0.39, 0.29) is 12.2 Å². The van der Waals surface area contributed by atoms with Crippen molar-refractivity contribution in [3.8, 4) is 11.8 Å². The summed E-state index contributed by atoms with van der Waals surface area (Å²) in [4.78, 5) is 17.3. The molecule has 33 heavy (non-hydrogen) atoms. The minimum absolute atomic E-state index is 0.0584. The first kappa shape index (κ1) is 22.9. The molecule has 2 N–H and O–H groups in total. The minimum atomic E-state index is -2.14. The molecule has 0 spiro atoms. The maximum absolute atomic E-state index is 15.5. The van der Waals surface area contributed by atoms with Crippen LogP contribution in [0.5, 0.6) is 0 Å². The molecule has 1 unspecified atom stereocenters. The number of hydrogen-bond acceptors (Lipinski definition) is 4. The molecule has 0 bridgehead atoms. The van der Waals surface area contributed by atoms with Gasteiger partial charge in [-0.25, -0.2) is 4.39 Å². The summed E-state index contributed by atoms with van der Waals surface area (Å²) in [5, 5.41) is 22.7. The molecule has 6 heteroatoms. The Balaban J connectivity index is 1.87. The van der Waals surface area contributed by atoms with Crippen LogP contribution in [0, 0.1) is 17.7 Å². The van der Waals surface area contributed by atoms with Crippen LogP contribution >= 0.6 is 0 Å². The van der Waals surface area contributed by atoms with Crippen LogP contribution in [0.25, 0.3) is 10.8 Å². The van der Waals surface area contributed by atoms with Gasteiger partial charge in [-0.2, -0.15) is 0 Å². The Morgan fingerprint density at radius 3 is 2.48 bits per heavy atom. The first-order valence-corrected chi connectivity index (χ1v) is 11.1. The van der Waals surface area contributed by atoms with Crippen LogP contribution in [-0.2, 0) is 10.4 Å². The van der Waals surface area contributed by atoms with E-state index < -0.39 is 17.3 Å². The second kappa shape index (κ2) is 9.32. The van der Waals surface area contributed by atoms with E-state index in [0.717, 1.165) is 23.9 Å². The van der Waals surface area contributed by atoms with Crippen molar-refractivity contribution in [1.82, 2.24) is 4.90 Å². The summed E-state index contributed by atoms with van der Waals surface area (Å²) in [5.41, 5.74) is -1.23. The molecule has 170 valence electrons. The van der Waals surface area contributed by atoms with Crippen molar-refractivity contribution < 1.29 is 19.4 Å². The largest absolute Gasteiger partial charge is 0.384 e. The van der Waals surface area contributed by atoms with Gasteiger partial charge < -0.3 is 20.0 Å². The van der Waals surface area contributed by atoms with E-state index >= 15 is 4.39 Å². The monoisotopic (exact) mass is 446 g/mol. The molecule has 0 saturated heterocycles. The van der Waals surface area contributed by atoms with Gasteiger partial charge in [0.2, 0.25) is 0 Å². The van der Waals surface area contributed by atoms with Gasteiger partial charge in [0.15, 0.2) is 5.60 Å². The predicted molar refractivity (Wildman–Crippen MR) is 127 cm³/mol. The highest BCUT2D eigenvalue weighted by molar-refractivity contribution is 6.09. The lowest BCUT2D eigenvalue weighted by atomic mass is 9.85. The van der Waals surface area contributed by atoms with Crippen LogP contribution in [0.15, 0.2) is 54.6 Å². The topological polar surface area (TPSA) is 64.0 Å². The third-order valence-corrected chi connectivity index (χ3v) is 6.29. The Hall–Kier alpha value is -3.24. The molecule has 3 aromatic carbocycles. The summed E-state index contributed by atoms with van der Waals surface area (Å²) >= 11 is 0. The summed E-state index contributed by atoms with van der Waals surface area (Å²) in [5.74, 6) is 3.94. The van der Waals surface area contributed by atoms with Crippen molar-refractivity contribution in [2.24, 2.45) is 0 Å². The molecule has 1 atom stereocenters. The number of benzene rings is 3. The average molecular weight is 447 g/mol. The van der Waals surface area contributed by atoms with Gasteiger partial charge in [0.05, 0.1) is 11.3 Å². The minimum Gasteiger partial charge on any atom is -0.384 e. The van der Waals surface area contributed by atoms with Gasteiger partial charge in [0, 0.05) is 18.7 Å². The van der Waals surface area contributed by atoms with Crippen LogP contribution in [0.2, 0.25) is 0 Å². The number of amides is 1. The number of halogens is 1. The molecule has 1 aliphatic rings. The van der Waals surface area contributed by atoms with E-state index in [1.807, 2.05) is 44.2 Å². The molecule has 5 nitrogen and oxygen atoms in total. The molecule has 0 saturated carbocycles. The first-order valence-electron chi connectivity index (χ1n) is 11.1. The van der Waals surface area contributed by atoms with E-state index in [2.05, 4.69) is 16.7 Å². The highest BCUT2D eigenvalue weighted by Crippen LogP contribution is 2.46. The van der Waals surface area contributed by atoms with Crippen LogP contribution in [0.1, 0.15) is 30.5 Å². The zero-order valence-electron chi connectivity index (χ0n) is 18.8. The maximum atomic E-state index is 15.5. The summed E-state index contributed by atoms with van der Waals surface area (Å²) in [6, 6.07) is 15.7. The van der Waals surface area contributed by atoms with Gasteiger partial charge in [-0.15, -0.1) is 0 Å². The van der Waals surface area contributed by atoms with Gasteiger partial charge in [0.1, 0.15) is 12.4 Å². The van der Waals surface area contributed by atoms with Crippen LogP contribution in [0.4, 0.5) is 10.1 Å². The van der Waals surface area contributed by atoms with E-state index in [9.17, 15) is 9.90 Å². The molecule has 3 aromatic rings. The number of nitrogens with zero attached hydrogens (tertiary/aromatic N) is 2. The Morgan fingerprint density at radius 2 is 1.79 bits per heavy atom. The normalized spacial score (nSPS) is 17.4. The highest BCUT2D eigenvalue weighted by atomic mass is 19.1. The molecule has 4 rings (SSSR count). The van der Waals surface area contributed by atoms with E-state index in [4.69, 9.17) is 5.11 Å². The van der Waals surface area contributed by atoms with Crippen molar-refractivity contribution in [3.63, 3.8) is 0 Å². The highest BCUT2D eigenvalue weighted by Gasteiger charge is 2.53.